The molecule has 0 amide bonds. The summed E-state index contributed by atoms with van der Waals surface area (Å²) in [7, 11) is 0. The number of hydrogen-bond donors (Lipinski definition) is 0. The molecule has 2 aliphatic rings. The molecule has 0 saturated heterocycles. The van der Waals surface area contributed by atoms with Crippen LogP contribution in [0, 0.1) is 0 Å². The van der Waals surface area contributed by atoms with Crippen LogP contribution in [0.15, 0.2) is 224 Å². The van der Waals surface area contributed by atoms with E-state index in [1.165, 1.54) is 120 Å². The second-order valence-corrected chi connectivity index (χ2v) is 17.5. The Labute approximate surface area is 364 Å². The molecular weight excluding hydrogens is 761 g/mol. The molecule has 2 unspecified atom stereocenters. The van der Waals surface area contributed by atoms with E-state index in [4.69, 9.17) is 4.74 Å². The van der Waals surface area contributed by atoms with Crippen LogP contribution >= 0.6 is 0 Å². The fourth-order valence-electron chi connectivity index (χ4n) is 11.3. The van der Waals surface area contributed by atoms with Gasteiger partial charge >= 0.3 is 0 Å². The summed E-state index contributed by atoms with van der Waals surface area (Å²) in [6, 6.07) is 76.4. The average molecular weight is 799 g/mol. The lowest BCUT2D eigenvalue weighted by Crippen LogP contribution is -2.15. The molecule has 1 heteroatoms. The van der Waals surface area contributed by atoms with Gasteiger partial charge in [0.2, 0.25) is 0 Å². The van der Waals surface area contributed by atoms with E-state index in [1.54, 1.807) is 0 Å². The minimum absolute atomic E-state index is 0.00220. The standard InChI is InChI=1S/C62H38O/c1-3-11-37(12-4-1)42-19-20-43-32-56-57(35-45(43)31-42)63-58-36-46(59-49-18-10-8-16-44(49)33-54-47-17-9-7-15-39(47)21-28-53(54)59)34-55(62(56)58)50-27-23-41-24-29-51-48(38-13-5-2-6-14-38)26-22-40-25-30-52(50)61(41)60(40)51/h1-36,55,62H. The number of rotatable bonds is 4. The maximum absolute atomic E-state index is 7.17. The van der Waals surface area contributed by atoms with Crippen LogP contribution in [0.2, 0.25) is 0 Å². The molecule has 0 aromatic heterocycles. The van der Waals surface area contributed by atoms with Crippen LogP contribution in [-0.4, -0.2) is 0 Å². The molecule has 0 spiro atoms. The van der Waals surface area contributed by atoms with Crippen molar-refractivity contribution in [2.45, 2.75) is 11.8 Å². The quantitative estimate of drug-likeness (QED) is 0.127. The van der Waals surface area contributed by atoms with E-state index in [-0.39, 0.29) is 11.8 Å². The fraction of sp³-hybridized carbons (Fsp3) is 0.0323. The largest absolute Gasteiger partial charge is 0.461 e. The van der Waals surface area contributed by atoms with Crippen molar-refractivity contribution in [3.63, 3.8) is 0 Å². The summed E-state index contributed by atoms with van der Waals surface area (Å²) in [5, 5.41) is 17.7. The second-order valence-electron chi connectivity index (χ2n) is 17.5. The lowest BCUT2D eigenvalue weighted by molar-refractivity contribution is 0.418. The number of ether oxygens (including phenoxy) is 1. The van der Waals surface area contributed by atoms with E-state index in [2.05, 4.69) is 218 Å². The number of benzene rings is 12. The average Bonchev–Trinajstić information content (AvgIpc) is 3.71. The topological polar surface area (TPSA) is 9.23 Å². The highest BCUT2D eigenvalue weighted by Crippen LogP contribution is 2.56. The minimum Gasteiger partial charge on any atom is -0.461 e. The molecule has 12 aromatic rings. The predicted octanol–water partition coefficient (Wildman–Crippen LogP) is 16.8. The van der Waals surface area contributed by atoms with Gasteiger partial charge in [-0.05, 0) is 145 Å². The highest BCUT2D eigenvalue weighted by Gasteiger charge is 2.40. The molecule has 0 bridgehead atoms. The van der Waals surface area contributed by atoms with E-state index in [9.17, 15) is 0 Å². The molecule has 0 fully saturated rings. The summed E-state index contributed by atoms with van der Waals surface area (Å²) in [5.41, 5.74) is 9.95. The van der Waals surface area contributed by atoms with Gasteiger partial charge in [0.15, 0.2) is 0 Å². The first-order chi connectivity index (χ1) is 31.2. The molecule has 12 aromatic carbocycles. The normalized spacial score (nSPS) is 15.9. The number of hydrogen-bond acceptors (Lipinski definition) is 1. The molecule has 63 heavy (non-hydrogen) atoms. The van der Waals surface area contributed by atoms with Gasteiger partial charge < -0.3 is 4.74 Å². The summed E-state index contributed by atoms with van der Waals surface area (Å²) in [6.45, 7) is 0. The first-order valence-corrected chi connectivity index (χ1v) is 22.1. The monoisotopic (exact) mass is 798 g/mol. The summed E-state index contributed by atoms with van der Waals surface area (Å²) in [6.07, 6.45) is 4.94. The van der Waals surface area contributed by atoms with Gasteiger partial charge in [0.05, 0.1) is 5.92 Å². The van der Waals surface area contributed by atoms with Gasteiger partial charge in [0.1, 0.15) is 11.5 Å². The maximum atomic E-state index is 7.17. The third kappa shape index (κ3) is 5.17. The van der Waals surface area contributed by atoms with Crippen LogP contribution in [0.25, 0.3) is 103 Å². The van der Waals surface area contributed by atoms with Gasteiger partial charge in [0.25, 0.3) is 0 Å². The van der Waals surface area contributed by atoms with Crippen molar-refractivity contribution in [1.29, 1.82) is 0 Å². The van der Waals surface area contributed by atoms with Gasteiger partial charge in [-0.25, -0.2) is 0 Å². The molecule has 292 valence electrons. The van der Waals surface area contributed by atoms with Gasteiger partial charge in [-0.1, -0.05) is 188 Å². The Morgan fingerprint density at radius 3 is 1.84 bits per heavy atom. The van der Waals surface area contributed by atoms with E-state index < -0.39 is 0 Å². The van der Waals surface area contributed by atoms with Gasteiger partial charge in [-0.2, -0.15) is 0 Å². The van der Waals surface area contributed by atoms with Crippen molar-refractivity contribution in [2.75, 3.05) is 0 Å². The first-order valence-electron chi connectivity index (χ1n) is 22.1. The smallest absolute Gasteiger partial charge is 0.131 e. The third-order valence-electron chi connectivity index (χ3n) is 14.2. The summed E-state index contributed by atoms with van der Waals surface area (Å²) < 4.78 is 7.17. The maximum Gasteiger partial charge on any atom is 0.131 e. The van der Waals surface area contributed by atoms with E-state index >= 15 is 0 Å². The van der Waals surface area contributed by atoms with E-state index in [1.807, 2.05) is 0 Å². The fourth-order valence-corrected chi connectivity index (χ4v) is 11.3. The Hall–Kier alpha value is -8.00. The van der Waals surface area contributed by atoms with Crippen LogP contribution < -0.4 is 4.74 Å². The van der Waals surface area contributed by atoms with Gasteiger partial charge in [-0.3, -0.25) is 0 Å². The van der Waals surface area contributed by atoms with Crippen LogP contribution in [0.5, 0.6) is 5.75 Å². The zero-order chi connectivity index (χ0) is 41.2. The predicted molar refractivity (Wildman–Crippen MR) is 266 cm³/mol. The molecule has 14 rings (SSSR count). The Kier molecular flexibility index (Phi) is 7.29. The molecule has 1 heterocycles. The third-order valence-corrected chi connectivity index (χ3v) is 14.2. The number of fused-ring (bicyclic) bond motifs is 8. The Balaban J connectivity index is 1.03. The zero-order valence-electron chi connectivity index (χ0n) is 34.3. The molecule has 0 N–H and O–H groups in total. The lowest BCUT2D eigenvalue weighted by atomic mass is 9.73. The molecule has 0 radical (unpaired) electrons. The van der Waals surface area contributed by atoms with Crippen molar-refractivity contribution >= 4 is 81.0 Å². The van der Waals surface area contributed by atoms with Gasteiger partial charge in [-0.15, -0.1) is 0 Å². The Morgan fingerprint density at radius 1 is 0.349 bits per heavy atom. The van der Waals surface area contributed by atoms with Crippen molar-refractivity contribution in [2.24, 2.45) is 0 Å². The van der Waals surface area contributed by atoms with Crippen LogP contribution in [0.3, 0.4) is 0 Å². The molecule has 1 aliphatic heterocycles. The van der Waals surface area contributed by atoms with Crippen molar-refractivity contribution in [3.8, 4) is 28.0 Å². The SMILES string of the molecule is C1=C(c2c3ccccc3cc3c2ccc2ccccc23)C=C2Oc3cc4cc(-c5ccccc5)ccc4cc3C2C1c1ccc2ccc3c(-c4ccccc4)ccc4ccc1c2c43. The van der Waals surface area contributed by atoms with E-state index in [0.717, 1.165) is 11.5 Å². The second kappa shape index (κ2) is 13.2. The molecular formula is C62H38O. The van der Waals surface area contributed by atoms with Crippen molar-refractivity contribution in [1.82, 2.24) is 0 Å². The first kappa shape index (κ1) is 34.7. The molecule has 2 atom stereocenters. The van der Waals surface area contributed by atoms with Crippen LogP contribution in [-0.2, 0) is 0 Å². The lowest BCUT2D eigenvalue weighted by Gasteiger charge is -2.29. The van der Waals surface area contributed by atoms with Crippen LogP contribution in [0.1, 0.15) is 28.5 Å². The van der Waals surface area contributed by atoms with Crippen molar-refractivity contribution in [3.05, 3.63) is 241 Å². The van der Waals surface area contributed by atoms with Crippen molar-refractivity contribution < 1.29 is 4.74 Å². The zero-order valence-corrected chi connectivity index (χ0v) is 34.3. The Morgan fingerprint density at radius 2 is 1.00 bits per heavy atom. The molecule has 1 nitrogen and oxygen atoms in total. The van der Waals surface area contributed by atoms with E-state index in [0.29, 0.717) is 0 Å². The number of allylic oxidation sites excluding steroid dienone is 4. The van der Waals surface area contributed by atoms with Crippen LogP contribution in [0.4, 0.5) is 0 Å². The molecule has 1 aliphatic carbocycles. The molecule has 0 saturated carbocycles. The Bertz CT molecular complexity index is 3930. The summed E-state index contributed by atoms with van der Waals surface area (Å²) in [4.78, 5) is 0. The summed E-state index contributed by atoms with van der Waals surface area (Å²) >= 11 is 0. The minimum atomic E-state index is -0.00470. The van der Waals surface area contributed by atoms with Gasteiger partial charge in [0, 0.05) is 11.5 Å². The summed E-state index contributed by atoms with van der Waals surface area (Å²) in [5.74, 6) is 1.95. The highest BCUT2D eigenvalue weighted by atomic mass is 16.5. The highest BCUT2D eigenvalue weighted by molar-refractivity contribution is 6.26.